The van der Waals surface area contributed by atoms with E-state index >= 15 is 0 Å². The summed E-state index contributed by atoms with van der Waals surface area (Å²) in [5.41, 5.74) is 1.04. The molecular formula is C17H25FN2O. The second-order valence-corrected chi connectivity index (χ2v) is 6.24. The average Bonchev–Trinajstić information content (AvgIpc) is 2.44. The summed E-state index contributed by atoms with van der Waals surface area (Å²) in [6.45, 7) is 6.01. The van der Waals surface area contributed by atoms with E-state index in [1.807, 2.05) is 6.07 Å². The van der Waals surface area contributed by atoms with Crippen molar-refractivity contribution in [2.45, 2.75) is 25.7 Å². The van der Waals surface area contributed by atoms with Crippen LogP contribution in [0.25, 0.3) is 0 Å². The Bertz CT molecular complexity index is 456. The molecule has 116 valence electrons. The second-order valence-electron chi connectivity index (χ2n) is 6.24. The summed E-state index contributed by atoms with van der Waals surface area (Å²) < 4.78 is 19.5. The van der Waals surface area contributed by atoms with Crippen molar-refractivity contribution in [1.29, 1.82) is 0 Å². The van der Waals surface area contributed by atoms with E-state index < -0.39 is 0 Å². The topological polar surface area (TPSA) is 24.5 Å². The largest absolute Gasteiger partial charge is 0.493 e. The molecule has 3 nitrogen and oxygen atoms in total. The van der Waals surface area contributed by atoms with Gasteiger partial charge in [0.05, 0.1) is 6.61 Å². The highest BCUT2D eigenvalue weighted by Crippen LogP contribution is 2.27. The van der Waals surface area contributed by atoms with Crippen LogP contribution in [0.3, 0.4) is 0 Å². The molecule has 0 atom stereocenters. The molecule has 1 N–H and O–H groups in total. The first-order valence-electron chi connectivity index (χ1n) is 8.15. The molecule has 1 saturated heterocycles. The summed E-state index contributed by atoms with van der Waals surface area (Å²) in [4.78, 5) is 2.43. The summed E-state index contributed by atoms with van der Waals surface area (Å²) in [6.07, 6.45) is 4.71. The van der Waals surface area contributed by atoms with Crippen LogP contribution in [0.15, 0.2) is 18.2 Å². The van der Waals surface area contributed by atoms with Gasteiger partial charge in [-0.15, -0.1) is 0 Å². The van der Waals surface area contributed by atoms with Gasteiger partial charge in [-0.2, -0.15) is 0 Å². The van der Waals surface area contributed by atoms with Crippen molar-refractivity contribution in [2.75, 3.05) is 39.3 Å². The SMILES string of the molecule is Fc1cc(CCN2CCNCC2)cc(OCC2CCC2)c1. The van der Waals surface area contributed by atoms with E-state index in [-0.39, 0.29) is 5.82 Å². The number of nitrogens with one attached hydrogen (secondary N) is 1. The van der Waals surface area contributed by atoms with E-state index in [0.29, 0.717) is 11.7 Å². The quantitative estimate of drug-likeness (QED) is 0.871. The van der Waals surface area contributed by atoms with E-state index in [1.165, 1.54) is 25.3 Å². The third-order valence-electron chi connectivity index (χ3n) is 4.57. The predicted octanol–water partition coefficient (Wildman–Crippen LogP) is 2.45. The Morgan fingerprint density at radius 3 is 2.71 bits per heavy atom. The maximum Gasteiger partial charge on any atom is 0.127 e. The molecule has 2 aliphatic rings. The monoisotopic (exact) mass is 292 g/mol. The highest BCUT2D eigenvalue weighted by molar-refractivity contribution is 5.30. The highest BCUT2D eigenvalue weighted by Gasteiger charge is 2.18. The fourth-order valence-electron chi connectivity index (χ4n) is 2.94. The van der Waals surface area contributed by atoms with E-state index in [9.17, 15) is 4.39 Å². The maximum atomic E-state index is 13.7. The fourth-order valence-corrected chi connectivity index (χ4v) is 2.94. The fraction of sp³-hybridized carbons (Fsp3) is 0.647. The van der Waals surface area contributed by atoms with Crippen LogP contribution in [-0.2, 0) is 6.42 Å². The summed E-state index contributed by atoms with van der Waals surface area (Å²) >= 11 is 0. The van der Waals surface area contributed by atoms with Crippen molar-refractivity contribution < 1.29 is 9.13 Å². The van der Waals surface area contributed by atoms with E-state index in [4.69, 9.17) is 4.74 Å². The molecular weight excluding hydrogens is 267 g/mol. The second kappa shape index (κ2) is 7.23. The Balaban J connectivity index is 1.52. The smallest absolute Gasteiger partial charge is 0.127 e. The van der Waals surface area contributed by atoms with Crippen molar-refractivity contribution in [3.05, 3.63) is 29.6 Å². The number of halogens is 1. The minimum absolute atomic E-state index is 0.184. The van der Waals surface area contributed by atoms with E-state index in [2.05, 4.69) is 10.2 Å². The maximum absolute atomic E-state index is 13.7. The Morgan fingerprint density at radius 2 is 2.00 bits per heavy atom. The molecule has 1 aliphatic heterocycles. The number of ether oxygens (including phenoxy) is 1. The van der Waals surface area contributed by atoms with Gasteiger partial charge in [0.25, 0.3) is 0 Å². The number of hydrogen-bond acceptors (Lipinski definition) is 3. The zero-order valence-electron chi connectivity index (χ0n) is 12.6. The van der Waals surface area contributed by atoms with Crippen LogP contribution in [0.1, 0.15) is 24.8 Å². The number of hydrogen-bond donors (Lipinski definition) is 1. The molecule has 21 heavy (non-hydrogen) atoms. The lowest BCUT2D eigenvalue weighted by atomic mass is 9.86. The van der Waals surface area contributed by atoms with Gasteiger partial charge in [-0.1, -0.05) is 6.42 Å². The number of piperazine rings is 1. The van der Waals surface area contributed by atoms with Gasteiger partial charge in [-0.25, -0.2) is 4.39 Å². The Labute approximate surface area is 126 Å². The van der Waals surface area contributed by atoms with Crippen molar-refractivity contribution >= 4 is 0 Å². The molecule has 0 radical (unpaired) electrons. The number of benzene rings is 1. The molecule has 1 saturated carbocycles. The Hall–Kier alpha value is -1.13. The molecule has 0 aromatic heterocycles. The van der Waals surface area contributed by atoms with Crippen molar-refractivity contribution in [3.63, 3.8) is 0 Å². The predicted molar refractivity (Wildman–Crippen MR) is 82.2 cm³/mol. The minimum Gasteiger partial charge on any atom is -0.493 e. The summed E-state index contributed by atoms with van der Waals surface area (Å²) in [7, 11) is 0. The first-order valence-corrected chi connectivity index (χ1v) is 8.15. The molecule has 0 amide bonds. The van der Waals surface area contributed by atoms with Crippen LogP contribution >= 0.6 is 0 Å². The lowest BCUT2D eigenvalue weighted by molar-refractivity contribution is 0.180. The van der Waals surface area contributed by atoms with E-state index in [1.54, 1.807) is 6.07 Å². The minimum atomic E-state index is -0.184. The van der Waals surface area contributed by atoms with Crippen LogP contribution in [-0.4, -0.2) is 44.2 Å². The molecule has 4 heteroatoms. The standard InChI is InChI=1S/C17H25FN2O/c18-16-10-15(4-7-20-8-5-19-6-9-20)11-17(12-16)21-13-14-2-1-3-14/h10-12,14,19H,1-9,13H2. The zero-order valence-corrected chi connectivity index (χ0v) is 12.6. The molecule has 1 aliphatic carbocycles. The van der Waals surface area contributed by atoms with Crippen LogP contribution in [0.5, 0.6) is 5.75 Å². The van der Waals surface area contributed by atoms with Crippen LogP contribution in [0, 0.1) is 11.7 Å². The molecule has 0 bridgehead atoms. The summed E-state index contributed by atoms with van der Waals surface area (Å²) in [5.74, 6) is 1.19. The lowest BCUT2D eigenvalue weighted by Gasteiger charge is -2.27. The molecule has 2 fully saturated rings. The van der Waals surface area contributed by atoms with Crippen LogP contribution in [0.4, 0.5) is 4.39 Å². The molecule has 3 rings (SSSR count). The van der Waals surface area contributed by atoms with Gasteiger partial charge < -0.3 is 15.0 Å². The Morgan fingerprint density at radius 1 is 1.19 bits per heavy atom. The van der Waals surface area contributed by atoms with Crippen molar-refractivity contribution in [1.82, 2.24) is 10.2 Å². The van der Waals surface area contributed by atoms with Gasteiger partial charge in [0, 0.05) is 38.8 Å². The van der Waals surface area contributed by atoms with E-state index in [0.717, 1.165) is 51.3 Å². The summed E-state index contributed by atoms with van der Waals surface area (Å²) in [6, 6.07) is 5.15. The van der Waals surface area contributed by atoms with Gasteiger partial charge >= 0.3 is 0 Å². The van der Waals surface area contributed by atoms with Crippen molar-refractivity contribution in [2.24, 2.45) is 5.92 Å². The first-order chi connectivity index (χ1) is 10.3. The third kappa shape index (κ3) is 4.42. The van der Waals surface area contributed by atoms with Crippen LogP contribution in [0.2, 0.25) is 0 Å². The average molecular weight is 292 g/mol. The zero-order chi connectivity index (χ0) is 14.5. The summed E-state index contributed by atoms with van der Waals surface area (Å²) in [5, 5.41) is 3.35. The Kier molecular flexibility index (Phi) is 5.09. The van der Waals surface area contributed by atoms with Crippen LogP contribution < -0.4 is 10.1 Å². The van der Waals surface area contributed by atoms with Gasteiger partial charge in [0.1, 0.15) is 11.6 Å². The van der Waals surface area contributed by atoms with Gasteiger partial charge in [-0.05, 0) is 42.9 Å². The van der Waals surface area contributed by atoms with Gasteiger partial charge in [0.2, 0.25) is 0 Å². The van der Waals surface area contributed by atoms with Crippen molar-refractivity contribution in [3.8, 4) is 5.75 Å². The molecule has 1 heterocycles. The third-order valence-corrected chi connectivity index (χ3v) is 4.57. The molecule has 0 unspecified atom stereocenters. The molecule has 0 spiro atoms. The normalized spacial score (nSPS) is 20.2. The first kappa shape index (κ1) is 14.8. The van der Waals surface area contributed by atoms with Gasteiger partial charge in [0.15, 0.2) is 0 Å². The lowest BCUT2D eigenvalue weighted by Crippen LogP contribution is -2.44. The molecule has 1 aromatic rings. The number of rotatable bonds is 6. The van der Waals surface area contributed by atoms with Gasteiger partial charge in [-0.3, -0.25) is 0 Å². The highest BCUT2D eigenvalue weighted by atomic mass is 19.1. The number of nitrogens with zero attached hydrogens (tertiary/aromatic N) is 1. The molecule has 1 aromatic carbocycles.